The number of fused-ring (bicyclic) bond motifs is 1. The van der Waals surface area contributed by atoms with E-state index in [1.54, 1.807) is 6.07 Å². The standard InChI is InChI=1S/C13H12N2O3/c16-11-5-4-10(8-11)14-7-6-9-2-1-3-12(13(9)14)15(17)18/h1-3,6-7,10H,4-5,8H2. The van der Waals surface area contributed by atoms with E-state index in [0.29, 0.717) is 18.4 Å². The number of nitro benzene ring substituents is 1. The van der Waals surface area contributed by atoms with Gasteiger partial charge in [-0.1, -0.05) is 12.1 Å². The number of para-hydroxylation sites is 1. The van der Waals surface area contributed by atoms with Crippen molar-refractivity contribution >= 4 is 22.4 Å². The molecule has 1 aliphatic carbocycles. The third kappa shape index (κ3) is 1.59. The summed E-state index contributed by atoms with van der Waals surface area (Å²) in [4.78, 5) is 22.1. The number of aromatic nitrogens is 1. The van der Waals surface area contributed by atoms with Gasteiger partial charge < -0.3 is 4.57 Å². The molecule has 0 amide bonds. The average molecular weight is 244 g/mol. The molecule has 1 saturated carbocycles. The molecular formula is C13H12N2O3. The third-order valence-electron chi connectivity index (χ3n) is 3.53. The summed E-state index contributed by atoms with van der Waals surface area (Å²) in [5.41, 5.74) is 0.735. The molecule has 0 radical (unpaired) electrons. The normalized spacial score (nSPS) is 19.6. The fourth-order valence-electron chi connectivity index (χ4n) is 2.68. The quantitative estimate of drug-likeness (QED) is 0.602. The van der Waals surface area contributed by atoms with Crippen molar-refractivity contribution in [1.82, 2.24) is 4.57 Å². The second-order valence-electron chi connectivity index (χ2n) is 4.63. The summed E-state index contributed by atoms with van der Waals surface area (Å²) in [7, 11) is 0. The van der Waals surface area contributed by atoms with Gasteiger partial charge in [-0.3, -0.25) is 14.9 Å². The van der Waals surface area contributed by atoms with Crippen molar-refractivity contribution in [2.45, 2.75) is 25.3 Å². The minimum Gasteiger partial charge on any atom is -0.338 e. The van der Waals surface area contributed by atoms with Crippen LogP contribution in [0.3, 0.4) is 0 Å². The molecule has 1 aliphatic rings. The molecule has 1 aromatic heterocycles. The molecule has 5 nitrogen and oxygen atoms in total. The number of ketones is 1. The van der Waals surface area contributed by atoms with E-state index in [1.807, 2.05) is 22.9 Å². The van der Waals surface area contributed by atoms with Crippen molar-refractivity contribution in [3.8, 4) is 0 Å². The van der Waals surface area contributed by atoms with Gasteiger partial charge in [0.05, 0.1) is 4.92 Å². The van der Waals surface area contributed by atoms with Gasteiger partial charge in [-0.25, -0.2) is 0 Å². The van der Waals surface area contributed by atoms with Crippen molar-refractivity contribution in [2.24, 2.45) is 0 Å². The average Bonchev–Trinajstić information content (AvgIpc) is 2.94. The predicted molar refractivity (Wildman–Crippen MR) is 66.5 cm³/mol. The summed E-state index contributed by atoms with van der Waals surface area (Å²) in [6.45, 7) is 0. The van der Waals surface area contributed by atoms with Crippen LogP contribution in [0.25, 0.3) is 10.9 Å². The lowest BCUT2D eigenvalue weighted by atomic mass is 10.2. The molecule has 0 spiro atoms. The topological polar surface area (TPSA) is 65.1 Å². The van der Waals surface area contributed by atoms with Gasteiger partial charge in [0.1, 0.15) is 11.3 Å². The van der Waals surface area contributed by atoms with E-state index < -0.39 is 0 Å². The van der Waals surface area contributed by atoms with Gasteiger partial charge >= 0.3 is 0 Å². The van der Waals surface area contributed by atoms with Gasteiger partial charge in [0.2, 0.25) is 0 Å². The molecule has 18 heavy (non-hydrogen) atoms. The van der Waals surface area contributed by atoms with Gasteiger partial charge in [0, 0.05) is 36.5 Å². The van der Waals surface area contributed by atoms with Crippen LogP contribution in [-0.4, -0.2) is 15.3 Å². The van der Waals surface area contributed by atoms with Crippen LogP contribution in [0, 0.1) is 10.1 Å². The van der Waals surface area contributed by atoms with Crippen LogP contribution in [0.4, 0.5) is 5.69 Å². The first kappa shape index (κ1) is 11.0. The number of hydrogen-bond acceptors (Lipinski definition) is 3. The Balaban J connectivity index is 2.18. The lowest BCUT2D eigenvalue weighted by Gasteiger charge is -2.12. The fourth-order valence-corrected chi connectivity index (χ4v) is 2.68. The van der Waals surface area contributed by atoms with Crippen LogP contribution in [0.15, 0.2) is 30.5 Å². The molecular weight excluding hydrogens is 232 g/mol. The van der Waals surface area contributed by atoms with Crippen LogP contribution in [0.5, 0.6) is 0 Å². The molecule has 1 atom stereocenters. The van der Waals surface area contributed by atoms with Gasteiger partial charge in [-0.05, 0) is 12.5 Å². The Morgan fingerprint density at radius 3 is 2.83 bits per heavy atom. The summed E-state index contributed by atoms with van der Waals surface area (Å²) in [6.07, 6.45) is 3.68. The number of hydrogen-bond donors (Lipinski definition) is 0. The van der Waals surface area contributed by atoms with E-state index in [9.17, 15) is 14.9 Å². The lowest BCUT2D eigenvalue weighted by Crippen LogP contribution is -2.05. The molecule has 92 valence electrons. The minimum absolute atomic E-state index is 0.0658. The Labute approximate surface area is 103 Å². The smallest absolute Gasteiger partial charge is 0.293 e. The summed E-state index contributed by atoms with van der Waals surface area (Å²) in [5.74, 6) is 0.237. The number of Topliss-reactive ketones (excluding diaryl/α,β-unsaturated/α-hetero) is 1. The molecule has 5 heteroatoms. The van der Waals surface area contributed by atoms with E-state index in [4.69, 9.17) is 0 Å². The van der Waals surface area contributed by atoms with Crippen molar-refractivity contribution in [3.05, 3.63) is 40.6 Å². The van der Waals surface area contributed by atoms with Gasteiger partial charge in [-0.2, -0.15) is 0 Å². The number of non-ortho nitro benzene ring substituents is 1. The SMILES string of the molecule is O=C1CCC(n2ccc3cccc([N+](=O)[O-])c32)C1. The maximum Gasteiger partial charge on any atom is 0.293 e. The number of benzene rings is 1. The Hall–Kier alpha value is -2.17. The zero-order valence-corrected chi connectivity index (χ0v) is 9.70. The van der Waals surface area contributed by atoms with Crippen molar-refractivity contribution < 1.29 is 9.72 Å². The summed E-state index contributed by atoms with van der Waals surface area (Å²) >= 11 is 0. The number of carbonyl (C=O) groups excluding carboxylic acids is 1. The second kappa shape index (κ2) is 3.94. The maximum absolute atomic E-state index is 11.4. The monoisotopic (exact) mass is 244 g/mol. The Kier molecular flexibility index (Phi) is 2.40. The second-order valence-corrected chi connectivity index (χ2v) is 4.63. The van der Waals surface area contributed by atoms with Crippen molar-refractivity contribution in [2.75, 3.05) is 0 Å². The Morgan fingerprint density at radius 2 is 2.17 bits per heavy atom. The molecule has 0 N–H and O–H groups in total. The van der Waals surface area contributed by atoms with Crippen LogP contribution in [-0.2, 0) is 4.79 Å². The van der Waals surface area contributed by atoms with Gasteiger partial charge in [0.25, 0.3) is 5.69 Å². The van der Waals surface area contributed by atoms with Crippen LogP contribution in [0.1, 0.15) is 25.3 Å². The van der Waals surface area contributed by atoms with E-state index >= 15 is 0 Å². The molecule has 0 bridgehead atoms. The molecule has 1 unspecified atom stereocenters. The highest BCUT2D eigenvalue weighted by atomic mass is 16.6. The van der Waals surface area contributed by atoms with Crippen molar-refractivity contribution in [1.29, 1.82) is 0 Å². The number of nitro groups is 1. The Bertz CT molecular complexity index is 645. The van der Waals surface area contributed by atoms with E-state index in [0.717, 1.165) is 11.8 Å². The number of rotatable bonds is 2. The highest BCUT2D eigenvalue weighted by Crippen LogP contribution is 2.34. The van der Waals surface area contributed by atoms with E-state index in [1.165, 1.54) is 6.07 Å². The van der Waals surface area contributed by atoms with Gasteiger partial charge in [0.15, 0.2) is 0 Å². The van der Waals surface area contributed by atoms with Crippen LogP contribution in [0.2, 0.25) is 0 Å². The first-order valence-electron chi connectivity index (χ1n) is 5.92. The zero-order valence-electron chi connectivity index (χ0n) is 9.70. The molecule has 1 fully saturated rings. The van der Waals surface area contributed by atoms with Crippen LogP contribution >= 0.6 is 0 Å². The summed E-state index contributed by atoms with van der Waals surface area (Å²) in [5, 5.41) is 11.9. The molecule has 0 aliphatic heterocycles. The van der Waals surface area contributed by atoms with Gasteiger partial charge in [-0.15, -0.1) is 0 Å². The molecule has 1 aromatic carbocycles. The molecule has 1 heterocycles. The first-order chi connectivity index (χ1) is 8.66. The first-order valence-corrected chi connectivity index (χ1v) is 5.92. The highest BCUT2D eigenvalue weighted by molar-refractivity contribution is 5.89. The highest BCUT2D eigenvalue weighted by Gasteiger charge is 2.26. The molecule has 0 saturated heterocycles. The maximum atomic E-state index is 11.4. The van der Waals surface area contributed by atoms with E-state index in [2.05, 4.69) is 0 Å². The van der Waals surface area contributed by atoms with Crippen molar-refractivity contribution in [3.63, 3.8) is 0 Å². The number of carbonyl (C=O) groups is 1. The third-order valence-corrected chi connectivity index (χ3v) is 3.53. The van der Waals surface area contributed by atoms with E-state index in [-0.39, 0.29) is 22.4 Å². The number of nitrogens with zero attached hydrogens (tertiary/aromatic N) is 2. The van der Waals surface area contributed by atoms with Crippen LogP contribution < -0.4 is 0 Å². The summed E-state index contributed by atoms with van der Waals surface area (Å²) < 4.78 is 1.89. The summed E-state index contributed by atoms with van der Waals surface area (Å²) in [6, 6.07) is 6.98. The Morgan fingerprint density at radius 1 is 1.33 bits per heavy atom. The predicted octanol–water partition coefficient (Wildman–Crippen LogP) is 2.84. The molecule has 2 aromatic rings. The molecule has 3 rings (SSSR count). The largest absolute Gasteiger partial charge is 0.338 e. The lowest BCUT2D eigenvalue weighted by molar-refractivity contribution is -0.383. The zero-order chi connectivity index (χ0) is 12.7. The fraction of sp³-hybridized carbons (Fsp3) is 0.308. The minimum atomic E-state index is -0.365.